The highest BCUT2D eigenvalue weighted by molar-refractivity contribution is 9.10. The van der Waals surface area contributed by atoms with Crippen molar-refractivity contribution in [1.82, 2.24) is 10.3 Å². The maximum absolute atomic E-state index is 4.88. The first-order chi connectivity index (χ1) is 9.78. The SMILES string of the molecule is CCNC(CCC1CC1)c1nc2ccccc2cc1Br. The molecular formula is C17H21BrN2. The van der Waals surface area contributed by atoms with Crippen LogP contribution < -0.4 is 5.32 Å². The number of hydrogen-bond acceptors (Lipinski definition) is 2. The minimum absolute atomic E-state index is 0.361. The number of rotatable bonds is 6. The van der Waals surface area contributed by atoms with Crippen LogP contribution in [0.25, 0.3) is 10.9 Å². The Hall–Kier alpha value is -0.930. The highest BCUT2D eigenvalue weighted by Gasteiger charge is 2.24. The molecule has 106 valence electrons. The molecule has 1 aliphatic rings. The molecule has 1 atom stereocenters. The van der Waals surface area contributed by atoms with Gasteiger partial charge in [0.2, 0.25) is 0 Å². The van der Waals surface area contributed by atoms with Crippen LogP contribution in [-0.4, -0.2) is 11.5 Å². The third-order valence-corrected chi connectivity index (χ3v) is 4.68. The van der Waals surface area contributed by atoms with Crippen LogP contribution in [0, 0.1) is 5.92 Å². The number of aromatic nitrogens is 1. The van der Waals surface area contributed by atoms with E-state index < -0.39 is 0 Å². The molecule has 0 spiro atoms. The molecular weight excluding hydrogens is 312 g/mol. The fourth-order valence-electron chi connectivity index (χ4n) is 2.74. The number of para-hydroxylation sites is 1. The summed E-state index contributed by atoms with van der Waals surface area (Å²) < 4.78 is 1.12. The molecule has 20 heavy (non-hydrogen) atoms. The summed E-state index contributed by atoms with van der Waals surface area (Å²) >= 11 is 3.71. The Morgan fingerprint density at radius 2 is 2.15 bits per heavy atom. The molecule has 3 rings (SSSR count). The van der Waals surface area contributed by atoms with E-state index in [9.17, 15) is 0 Å². The van der Waals surface area contributed by atoms with Crippen molar-refractivity contribution in [2.45, 2.75) is 38.6 Å². The van der Waals surface area contributed by atoms with Crippen molar-refractivity contribution in [3.8, 4) is 0 Å². The van der Waals surface area contributed by atoms with Gasteiger partial charge in [0.05, 0.1) is 17.3 Å². The molecule has 1 aliphatic carbocycles. The summed E-state index contributed by atoms with van der Waals surface area (Å²) in [5, 5.41) is 4.79. The van der Waals surface area contributed by atoms with Gasteiger partial charge in [0.25, 0.3) is 0 Å². The second kappa shape index (κ2) is 6.23. The van der Waals surface area contributed by atoms with Crippen LogP contribution in [-0.2, 0) is 0 Å². The number of pyridine rings is 1. The smallest absolute Gasteiger partial charge is 0.0722 e. The Morgan fingerprint density at radius 1 is 1.35 bits per heavy atom. The molecule has 1 N–H and O–H groups in total. The van der Waals surface area contributed by atoms with E-state index in [1.54, 1.807) is 0 Å². The average molecular weight is 333 g/mol. The van der Waals surface area contributed by atoms with Crippen LogP contribution >= 0.6 is 15.9 Å². The molecule has 0 amide bonds. The van der Waals surface area contributed by atoms with Gasteiger partial charge < -0.3 is 5.32 Å². The van der Waals surface area contributed by atoms with Crippen molar-refractivity contribution < 1.29 is 0 Å². The lowest BCUT2D eigenvalue weighted by atomic mass is 10.0. The van der Waals surface area contributed by atoms with Gasteiger partial charge in [-0.15, -0.1) is 0 Å². The molecule has 0 aliphatic heterocycles. The van der Waals surface area contributed by atoms with E-state index in [-0.39, 0.29) is 0 Å². The molecule has 1 saturated carbocycles. The number of halogens is 1. The van der Waals surface area contributed by atoms with E-state index >= 15 is 0 Å². The van der Waals surface area contributed by atoms with Gasteiger partial charge in [-0.2, -0.15) is 0 Å². The zero-order valence-electron chi connectivity index (χ0n) is 11.9. The van der Waals surface area contributed by atoms with Crippen molar-refractivity contribution in [3.05, 3.63) is 40.5 Å². The van der Waals surface area contributed by atoms with Gasteiger partial charge in [-0.05, 0) is 53.4 Å². The molecule has 1 fully saturated rings. The highest BCUT2D eigenvalue weighted by atomic mass is 79.9. The van der Waals surface area contributed by atoms with Crippen LogP contribution in [0.4, 0.5) is 0 Å². The average Bonchev–Trinajstić information content (AvgIpc) is 3.27. The highest BCUT2D eigenvalue weighted by Crippen LogP contribution is 2.37. The van der Waals surface area contributed by atoms with E-state index in [1.165, 1.54) is 31.1 Å². The fraction of sp³-hybridized carbons (Fsp3) is 0.471. The zero-order valence-corrected chi connectivity index (χ0v) is 13.5. The maximum atomic E-state index is 4.88. The molecule has 2 nitrogen and oxygen atoms in total. The van der Waals surface area contributed by atoms with Crippen LogP contribution in [0.3, 0.4) is 0 Å². The van der Waals surface area contributed by atoms with Gasteiger partial charge in [-0.3, -0.25) is 0 Å². The number of benzene rings is 1. The van der Waals surface area contributed by atoms with E-state index in [4.69, 9.17) is 4.98 Å². The van der Waals surface area contributed by atoms with Gasteiger partial charge >= 0.3 is 0 Å². The number of nitrogens with one attached hydrogen (secondary N) is 1. The molecule has 0 bridgehead atoms. The molecule has 1 unspecified atom stereocenters. The standard InChI is InChI=1S/C17H21BrN2/c1-2-19-16(10-9-12-7-8-12)17-14(18)11-13-5-3-4-6-15(13)20-17/h3-6,11-12,16,19H,2,7-10H2,1H3. The van der Waals surface area contributed by atoms with E-state index in [0.29, 0.717) is 6.04 Å². The summed E-state index contributed by atoms with van der Waals surface area (Å²) in [5.74, 6) is 0.968. The summed E-state index contributed by atoms with van der Waals surface area (Å²) in [6.07, 6.45) is 5.34. The first-order valence-electron chi connectivity index (χ1n) is 7.56. The predicted molar refractivity (Wildman–Crippen MR) is 87.8 cm³/mol. The lowest BCUT2D eigenvalue weighted by Crippen LogP contribution is -2.22. The normalized spacial score (nSPS) is 16.5. The second-order valence-corrected chi connectivity index (χ2v) is 6.53. The molecule has 1 aromatic heterocycles. The number of fused-ring (bicyclic) bond motifs is 1. The van der Waals surface area contributed by atoms with Crippen molar-refractivity contribution in [1.29, 1.82) is 0 Å². The molecule has 2 aromatic rings. The zero-order chi connectivity index (χ0) is 13.9. The Labute approximate surface area is 129 Å². The summed E-state index contributed by atoms with van der Waals surface area (Å²) in [5.41, 5.74) is 2.24. The Morgan fingerprint density at radius 3 is 2.90 bits per heavy atom. The number of nitrogens with zero attached hydrogens (tertiary/aromatic N) is 1. The van der Waals surface area contributed by atoms with Gasteiger partial charge in [0.1, 0.15) is 0 Å². The van der Waals surface area contributed by atoms with E-state index in [1.807, 2.05) is 0 Å². The third kappa shape index (κ3) is 3.21. The van der Waals surface area contributed by atoms with Gasteiger partial charge in [-0.1, -0.05) is 38.0 Å². The van der Waals surface area contributed by atoms with Crippen molar-refractivity contribution in [2.24, 2.45) is 5.92 Å². The fourth-order valence-corrected chi connectivity index (χ4v) is 3.35. The largest absolute Gasteiger partial charge is 0.309 e. The monoisotopic (exact) mass is 332 g/mol. The summed E-state index contributed by atoms with van der Waals surface area (Å²) in [7, 11) is 0. The van der Waals surface area contributed by atoms with E-state index in [0.717, 1.165) is 28.1 Å². The Balaban J connectivity index is 1.89. The molecule has 3 heteroatoms. The molecule has 0 radical (unpaired) electrons. The maximum Gasteiger partial charge on any atom is 0.0722 e. The van der Waals surface area contributed by atoms with Gasteiger partial charge in [0, 0.05) is 9.86 Å². The molecule has 1 heterocycles. The molecule has 1 aromatic carbocycles. The second-order valence-electron chi connectivity index (χ2n) is 5.68. The topological polar surface area (TPSA) is 24.9 Å². The van der Waals surface area contributed by atoms with Crippen molar-refractivity contribution in [3.63, 3.8) is 0 Å². The Kier molecular flexibility index (Phi) is 4.37. The summed E-state index contributed by atoms with van der Waals surface area (Å²) in [6.45, 7) is 3.15. The first-order valence-corrected chi connectivity index (χ1v) is 8.35. The number of hydrogen-bond donors (Lipinski definition) is 1. The van der Waals surface area contributed by atoms with E-state index in [2.05, 4.69) is 58.5 Å². The minimum Gasteiger partial charge on any atom is -0.309 e. The quantitative estimate of drug-likeness (QED) is 0.818. The third-order valence-electron chi connectivity index (χ3n) is 4.05. The minimum atomic E-state index is 0.361. The summed E-state index contributed by atoms with van der Waals surface area (Å²) in [4.78, 5) is 4.88. The Bertz CT molecular complexity index is 593. The van der Waals surface area contributed by atoms with Crippen LogP contribution in [0.15, 0.2) is 34.8 Å². The van der Waals surface area contributed by atoms with Crippen molar-refractivity contribution >= 4 is 26.8 Å². The van der Waals surface area contributed by atoms with Crippen molar-refractivity contribution in [2.75, 3.05) is 6.54 Å². The van der Waals surface area contributed by atoms with Crippen LogP contribution in [0.5, 0.6) is 0 Å². The van der Waals surface area contributed by atoms with Crippen LogP contribution in [0.1, 0.15) is 44.3 Å². The predicted octanol–water partition coefficient (Wildman–Crippen LogP) is 4.84. The van der Waals surface area contributed by atoms with Crippen LogP contribution in [0.2, 0.25) is 0 Å². The lowest BCUT2D eigenvalue weighted by Gasteiger charge is -2.19. The summed E-state index contributed by atoms with van der Waals surface area (Å²) in [6, 6.07) is 10.9. The molecule has 0 saturated heterocycles. The van der Waals surface area contributed by atoms with Gasteiger partial charge in [0.15, 0.2) is 0 Å². The van der Waals surface area contributed by atoms with Gasteiger partial charge in [-0.25, -0.2) is 4.98 Å². The lowest BCUT2D eigenvalue weighted by molar-refractivity contribution is 0.472. The first kappa shape index (κ1) is 14.0.